The van der Waals surface area contributed by atoms with Gasteiger partial charge in [-0.3, -0.25) is 9.52 Å². The van der Waals surface area contributed by atoms with Gasteiger partial charge in [-0.2, -0.15) is 0 Å². The van der Waals surface area contributed by atoms with Crippen molar-refractivity contribution < 1.29 is 13.2 Å². The van der Waals surface area contributed by atoms with Gasteiger partial charge in [-0.25, -0.2) is 18.4 Å². The van der Waals surface area contributed by atoms with E-state index in [0.29, 0.717) is 43.4 Å². The predicted octanol–water partition coefficient (Wildman–Crippen LogP) is 3.58. The Morgan fingerprint density at radius 1 is 0.971 bits per heavy atom. The summed E-state index contributed by atoms with van der Waals surface area (Å²) in [4.78, 5) is 25.4. The van der Waals surface area contributed by atoms with Crippen molar-refractivity contribution >= 4 is 27.6 Å². The first kappa shape index (κ1) is 23.7. The van der Waals surface area contributed by atoms with Crippen molar-refractivity contribution in [3.8, 4) is 0 Å². The highest BCUT2D eigenvalue weighted by atomic mass is 32.2. The van der Waals surface area contributed by atoms with Gasteiger partial charge in [0.25, 0.3) is 15.9 Å². The van der Waals surface area contributed by atoms with Gasteiger partial charge in [-0.1, -0.05) is 31.5 Å². The summed E-state index contributed by atoms with van der Waals surface area (Å²) >= 11 is 0. The molecule has 1 fully saturated rings. The van der Waals surface area contributed by atoms with Gasteiger partial charge in [-0.15, -0.1) is 0 Å². The number of amides is 1. The fourth-order valence-electron chi connectivity index (χ4n) is 3.88. The summed E-state index contributed by atoms with van der Waals surface area (Å²) in [6.45, 7) is 4.39. The van der Waals surface area contributed by atoms with E-state index in [0.717, 1.165) is 19.3 Å². The van der Waals surface area contributed by atoms with Crippen molar-refractivity contribution in [1.82, 2.24) is 14.9 Å². The fraction of sp³-hybridized carbons (Fsp3) is 0.320. The number of aryl methyl sites for hydroxylation is 1. The van der Waals surface area contributed by atoms with Crippen LogP contribution < -0.4 is 9.62 Å². The molecular weight excluding hydrogens is 450 g/mol. The number of rotatable bonds is 8. The Labute approximate surface area is 200 Å². The van der Waals surface area contributed by atoms with Crippen LogP contribution >= 0.6 is 0 Å². The molecule has 0 saturated carbocycles. The van der Waals surface area contributed by atoms with Crippen LogP contribution in [0.1, 0.15) is 35.7 Å². The van der Waals surface area contributed by atoms with Crippen LogP contribution in [-0.2, 0) is 16.4 Å². The maximum atomic E-state index is 13.1. The summed E-state index contributed by atoms with van der Waals surface area (Å²) in [6, 6.07) is 15.4. The quantitative estimate of drug-likeness (QED) is 0.531. The van der Waals surface area contributed by atoms with Crippen LogP contribution in [0.5, 0.6) is 0 Å². The zero-order valence-electron chi connectivity index (χ0n) is 19.2. The molecule has 2 heterocycles. The number of sulfonamides is 1. The Bertz CT molecular complexity index is 1210. The van der Waals surface area contributed by atoms with Crippen molar-refractivity contribution in [2.75, 3.05) is 35.8 Å². The number of piperazine rings is 1. The molecule has 1 N–H and O–H groups in total. The number of anilines is 2. The average Bonchev–Trinajstić information content (AvgIpc) is 2.88. The zero-order valence-corrected chi connectivity index (χ0v) is 20.0. The number of benzene rings is 2. The molecule has 1 amide bonds. The van der Waals surface area contributed by atoms with E-state index >= 15 is 0 Å². The van der Waals surface area contributed by atoms with E-state index in [1.807, 2.05) is 17.0 Å². The molecule has 0 spiro atoms. The van der Waals surface area contributed by atoms with E-state index in [9.17, 15) is 13.2 Å². The summed E-state index contributed by atoms with van der Waals surface area (Å²) in [6.07, 6.45) is 6.57. The van der Waals surface area contributed by atoms with E-state index in [2.05, 4.69) is 21.6 Å². The number of nitrogens with one attached hydrogen (secondary N) is 1. The highest BCUT2D eigenvalue weighted by Crippen LogP contribution is 2.20. The van der Waals surface area contributed by atoms with Crippen LogP contribution in [0.4, 0.5) is 11.6 Å². The van der Waals surface area contributed by atoms with E-state index in [4.69, 9.17) is 0 Å². The zero-order chi connectivity index (χ0) is 24.0. The minimum atomic E-state index is -3.82. The second-order valence-electron chi connectivity index (χ2n) is 8.26. The maximum absolute atomic E-state index is 13.1. The van der Waals surface area contributed by atoms with E-state index in [1.54, 1.807) is 47.6 Å². The monoisotopic (exact) mass is 479 g/mol. The standard InChI is InChI=1S/C25H29N5O3S/c1-2-3-6-20-9-11-22(12-10-20)28-34(32,33)23-8-4-7-21(19-23)24(31)29-15-17-30(18-16-29)25-26-13-5-14-27-25/h4-5,7-14,19,28H,2-3,6,15-18H2,1H3. The highest BCUT2D eigenvalue weighted by molar-refractivity contribution is 7.92. The van der Waals surface area contributed by atoms with Gasteiger partial charge in [-0.05, 0) is 54.8 Å². The van der Waals surface area contributed by atoms with E-state index in [-0.39, 0.29) is 10.8 Å². The lowest BCUT2D eigenvalue weighted by Gasteiger charge is -2.34. The molecule has 0 radical (unpaired) electrons. The molecule has 2 aromatic carbocycles. The second-order valence-corrected chi connectivity index (χ2v) is 9.94. The number of hydrogen-bond acceptors (Lipinski definition) is 6. The third-order valence-electron chi connectivity index (χ3n) is 5.82. The summed E-state index contributed by atoms with van der Waals surface area (Å²) in [5.41, 5.74) is 2.02. The van der Waals surface area contributed by atoms with Crippen molar-refractivity contribution in [1.29, 1.82) is 0 Å². The smallest absolute Gasteiger partial charge is 0.261 e. The van der Waals surface area contributed by atoms with Crippen LogP contribution in [0.2, 0.25) is 0 Å². The number of unbranched alkanes of at least 4 members (excludes halogenated alkanes) is 1. The Morgan fingerprint density at radius 2 is 1.68 bits per heavy atom. The highest BCUT2D eigenvalue weighted by Gasteiger charge is 2.24. The third-order valence-corrected chi connectivity index (χ3v) is 7.20. The molecule has 1 aliphatic heterocycles. The number of carbonyl (C=O) groups excluding carboxylic acids is 1. The van der Waals surface area contributed by atoms with Crippen molar-refractivity contribution in [2.45, 2.75) is 31.1 Å². The number of nitrogens with zero attached hydrogens (tertiary/aromatic N) is 4. The van der Waals surface area contributed by atoms with Gasteiger partial charge < -0.3 is 9.80 Å². The lowest BCUT2D eigenvalue weighted by molar-refractivity contribution is 0.0746. The number of hydrogen-bond donors (Lipinski definition) is 1. The average molecular weight is 480 g/mol. The predicted molar refractivity (Wildman–Crippen MR) is 132 cm³/mol. The van der Waals surface area contributed by atoms with Crippen LogP contribution in [0.15, 0.2) is 71.9 Å². The molecule has 1 aromatic heterocycles. The Hall–Kier alpha value is -3.46. The van der Waals surface area contributed by atoms with Gasteiger partial charge in [0.05, 0.1) is 4.90 Å². The first-order chi connectivity index (χ1) is 16.5. The lowest BCUT2D eigenvalue weighted by Crippen LogP contribution is -2.49. The lowest BCUT2D eigenvalue weighted by atomic mass is 10.1. The van der Waals surface area contributed by atoms with Crippen LogP contribution in [0, 0.1) is 0 Å². The summed E-state index contributed by atoms with van der Waals surface area (Å²) in [5.74, 6) is 0.457. The Kier molecular flexibility index (Phi) is 7.42. The topological polar surface area (TPSA) is 95.5 Å². The molecule has 0 atom stereocenters. The van der Waals surface area contributed by atoms with Crippen LogP contribution in [0.25, 0.3) is 0 Å². The Balaban J connectivity index is 1.41. The summed E-state index contributed by atoms with van der Waals surface area (Å²) < 4.78 is 28.5. The molecule has 4 rings (SSSR count). The van der Waals surface area contributed by atoms with Crippen LogP contribution in [0.3, 0.4) is 0 Å². The van der Waals surface area contributed by atoms with Gasteiger partial charge in [0.1, 0.15) is 0 Å². The first-order valence-corrected chi connectivity index (χ1v) is 13.0. The van der Waals surface area contributed by atoms with E-state index < -0.39 is 10.0 Å². The van der Waals surface area contributed by atoms with Crippen molar-refractivity contribution in [3.63, 3.8) is 0 Å². The molecule has 0 bridgehead atoms. The first-order valence-electron chi connectivity index (χ1n) is 11.5. The molecule has 3 aromatic rings. The molecule has 0 aliphatic carbocycles. The number of aromatic nitrogens is 2. The molecule has 1 aliphatic rings. The second kappa shape index (κ2) is 10.6. The molecule has 178 valence electrons. The van der Waals surface area contributed by atoms with Crippen molar-refractivity contribution in [2.24, 2.45) is 0 Å². The molecule has 0 unspecified atom stereocenters. The Morgan fingerprint density at radius 3 is 2.35 bits per heavy atom. The minimum absolute atomic E-state index is 0.0599. The normalized spacial score (nSPS) is 14.1. The largest absolute Gasteiger partial charge is 0.337 e. The van der Waals surface area contributed by atoms with Crippen LogP contribution in [-0.4, -0.2) is 55.4 Å². The van der Waals surface area contributed by atoms with Gasteiger partial charge in [0, 0.05) is 49.8 Å². The maximum Gasteiger partial charge on any atom is 0.261 e. The van der Waals surface area contributed by atoms with E-state index in [1.165, 1.54) is 17.7 Å². The summed E-state index contributed by atoms with van der Waals surface area (Å²) in [5, 5.41) is 0. The third kappa shape index (κ3) is 5.72. The molecule has 34 heavy (non-hydrogen) atoms. The minimum Gasteiger partial charge on any atom is -0.337 e. The molecule has 9 heteroatoms. The van der Waals surface area contributed by atoms with Gasteiger partial charge in [0.15, 0.2) is 0 Å². The molecule has 8 nitrogen and oxygen atoms in total. The fourth-order valence-corrected chi connectivity index (χ4v) is 4.98. The van der Waals surface area contributed by atoms with Crippen molar-refractivity contribution in [3.05, 3.63) is 78.1 Å². The SMILES string of the molecule is CCCCc1ccc(NS(=O)(=O)c2cccc(C(=O)N3CCN(c4ncccn4)CC3)c2)cc1. The molecule has 1 saturated heterocycles. The van der Waals surface area contributed by atoms with Gasteiger partial charge >= 0.3 is 0 Å². The summed E-state index contributed by atoms with van der Waals surface area (Å²) in [7, 11) is -3.82. The number of carbonyl (C=O) groups is 1. The van der Waals surface area contributed by atoms with Gasteiger partial charge in [0.2, 0.25) is 5.95 Å². The molecular formula is C25H29N5O3S.